The normalized spacial score (nSPS) is 16.8. The summed E-state index contributed by atoms with van der Waals surface area (Å²) in [4.78, 5) is 22.2. The molecular weight excluding hydrogens is 466 g/mol. The smallest absolute Gasteiger partial charge is 0.243 e. The van der Waals surface area contributed by atoms with Crippen LogP contribution in [0.1, 0.15) is 38.3 Å². The molecule has 5 rings (SSSR count). The molecule has 0 atom stereocenters. The molecule has 2 saturated heterocycles. The summed E-state index contributed by atoms with van der Waals surface area (Å²) >= 11 is 0. The summed E-state index contributed by atoms with van der Waals surface area (Å²) < 4.78 is 6.00. The number of nitrogens with zero attached hydrogens (tertiary/aromatic N) is 4. The third-order valence-corrected chi connectivity index (χ3v) is 7.50. The van der Waals surface area contributed by atoms with Crippen molar-refractivity contribution in [2.24, 2.45) is 0 Å². The van der Waals surface area contributed by atoms with E-state index in [4.69, 9.17) is 21.0 Å². The van der Waals surface area contributed by atoms with E-state index < -0.39 is 0 Å². The Bertz CT molecular complexity index is 1190. The zero-order valence-electron chi connectivity index (χ0n) is 21.7. The first-order chi connectivity index (χ1) is 18.0. The number of hydrogen-bond donors (Lipinski definition) is 3. The van der Waals surface area contributed by atoms with E-state index in [1.54, 1.807) is 6.07 Å². The van der Waals surface area contributed by atoms with E-state index in [1.165, 1.54) is 37.9 Å². The Kier molecular flexibility index (Phi) is 8.13. The number of nitrogens with one attached hydrogen (secondary N) is 1. The van der Waals surface area contributed by atoms with Gasteiger partial charge in [-0.05, 0) is 82.1 Å². The Morgan fingerprint density at radius 3 is 2.38 bits per heavy atom. The summed E-state index contributed by atoms with van der Waals surface area (Å²) in [6, 6.07) is 15.7. The standard InChI is InChI=1S/C27H35N7O.CH2O/c1-3-23-26(35-22-7-4-6-19(28)18-22)32-25(24(29)31-23)30-20-8-10-21(11-9-20)34-16-13-27(14-17-34)12-5-15-33(27)2;1-2/h4,6-11,18H,3,5,12-17,28H2,1-2H3,(H2,29,31)(H,30,32);1H2. The number of anilines is 5. The molecule has 5 N–H and O–H groups in total. The lowest BCUT2D eigenvalue weighted by atomic mass is 9.85. The lowest BCUT2D eigenvalue weighted by Crippen LogP contribution is -2.50. The van der Waals surface area contributed by atoms with Crippen molar-refractivity contribution in [3.05, 3.63) is 54.2 Å². The maximum atomic E-state index is 8.00. The first-order valence-corrected chi connectivity index (χ1v) is 12.8. The van der Waals surface area contributed by atoms with Crippen LogP contribution in [0.2, 0.25) is 0 Å². The van der Waals surface area contributed by atoms with Crippen molar-refractivity contribution in [2.45, 2.75) is 44.6 Å². The van der Waals surface area contributed by atoms with Crippen LogP contribution in [0.15, 0.2) is 48.5 Å². The number of aromatic nitrogens is 2. The van der Waals surface area contributed by atoms with Gasteiger partial charge >= 0.3 is 0 Å². The Morgan fingerprint density at radius 2 is 1.76 bits per heavy atom. The fraction of sp³-hybridized carbons (Fsp3) is 0.393. The largest absolute Gasteiger partial charge is 0.437 e. The average Bonchev–Trinajstić information content (AvgIpc) is 3.27. The Morgan fingerprint density at radius 1 is 1.03 bits per heavy atom. The zero-order valence-corrected chi connectivity index (χ0v) is 21.7. The summed E-state index contributed by atoms with van der Waals surface area (Å²) in [7, 11) is 2.29. The predicted molar refractivity (Wildman–Crippen MR) is 150 cm³/mol. The first-order valence-electron chi connectivity index (χ1n) is 12.8. The summed E-state index contributed by atoms with van der Waals surface area (Å²) in [5, 5.41) is 3.31. The van der Waals surface area contributed by atoms with Gasteiger partial charge in [0.25, 0.3) is 0 Å². The van der Waals surface area contributed by atoms with Crippen LogP contribution in [-0.4, -0.2) is 53.9 Å². The van der Waals surface area contributed by atoms with E-state index >= 15 is 0 Å². The van der Waals surface area contributed by atoms with Crippen LogP contribution in [0.3, 0.4) is 0 Å². The van der Waals surface area contributed by atoms with E-state index in [2.05, 4.69) is 56.4 Å². The van der Waals surface area contributed by atoms with E-state index in [0.717, 1.165) is 18.8 Å². The van der Waals surface area contributed by atoms with Crippen molar-refractivity contribution in [1.29, 1.82) is 0 Å². The molecule has 2 aliphatic heterocycles. The highest BCUT2D eigenvalue weighted by molar-refractivity contribution is 5.68. The van der Waals surface area contributed by atoms with Crippen LogP contribution in [0, 0.1) is 0 Å². The molecule has 1 aromatic heterocycles. The van der Waals surface area contributed by atoms with Gasteiger partial charge in [0, 0.05) is 41.8 Å². The molecule has 9 heteroatoms. The second-order valence-electron chi connectivity index (χ2n) is 9.65. The maximum absolute atomic E-state index is 8.00. The molecule has 0 radical (unpaired) electrons. The molecule has 3 aromatic rings. The molecule has 3 heterocycles. The molecule has 37 heavy (non-hydrogen) atoms. The number of carbonyl (C=O) groups is 1. The molecule has 196 valence electrons. The molecule has 2 aliphatic rings. The van der Waals surface area contributed by atoms with E-state index in [1.807, 2.05) is 31.9 Å². The average molecular weight is 504 g/mol. The second kappa shape index (κ2) is 11.5. The van der Waals surface area contributed by atoms with Gasteiger partial charge in [-0.15, -0.1) is 0 Å². The van der Waals surface area contributed by atoms with Crippen LogP contribution in [0.25, 0.3) is 0 Å². The van der Waals surface area contributed by atoms with Crippen LogP contribution >= 0.6 is 0 Å². The number of piperidine rings is 1. The number of rotatable bonds is 6. The number of benzene rings is 2. The fourth-order valence-electron chi connectivity index (χ4n) is 5.34. The quantitative estimate of drug-likeness (QED) is 0.414. The van der Waals surface area contributed by atoms with Crippen molar-refractivity contribution in [3.8, 4) is 11.6 Å². The lowest BCUT2D eigenvalue weighted by Gasteiger charge is -2.44. The lowest BCUT2D eigenvalue weighted by molar-refractivity contribution is -0.0979. The van der Waals surface area contributed by atoms with Gasteiger partial charge in [0.1, 0.15) is 18.2 Å². The second-order valence-corrected chi connectivity index (χ2v) is 9.65. The molecule has 0 aliphatic carbocycles. The highest BCUT2D eigenvalue weighted by Crippen LogP contribution is 2.38. The minimum atomic E-state index is 0.341. The number of nitrogens with two attached hydrogens (primary N) is 2. The minimum absolute atomic E-state index is 0.341. The van der Waals surface area contributed by atoms with Gasteiger partial charge in [0.05, 0.1) is 0 Å². The molecule has 0 bridgehead atoms. The van der Waals surface area contributed by atoms with Gasteiger partial charge in [-0.3, -0.25) is 0 Å². The van der Waals surface area contributed by atoms with E-state index in [-0.39, 0.29) is 0 Å². The van der Waals surface area contributed by atoms with Gasteiger partial charge in [-0.25, -0.2) is 4.98 Å². The first kappa shape index (κ1) is 26.2. The topological polar surface area (TPSA) is 123 Å². The highest BCUT2D eigenvalue weighted by atomic mass is 16.5. The summed E-state index contributed by atoms with van der Waals surface area (Å²) in [6.45, 7) is 7.42. The van der Waals surface area contributed by atoms with Crippen molar-refractivity contribution < 1.29 is 9.53 Å². The molecule has 1 spiro atoms. The molecule has 9 nitrogen and oxygen atoms in total. The molecule has 2 aromatic carbocycles. The van der Waals surface area contributed by atoms with E-state index in [0.29, 0.717) is 46.6 Å². The van der Waals surface area contributed by atoms with Gasteiger partial charge in [-0.2, -0.15) is 4.98 Å². The molecule has 2 fully saturated rings. The molecule has 0 unspecified atom stereocenters. The van der Waals surface area contributed by atoms with Gasteiger partial charge in [0.15, 0.2) is 11.6 Å². The van der Waals surface area contributed by atoms with Crippen molar-refractivity contribution in [2.75, 3.05) is 48.4 Å². The van der Waals surface area contributed by atoms with Crippen LogP contribution in [-0.2, 0) is 11.2 Å². The van der Waals surface area contributed by atoms with Crippen LogP contribution in [0.5, 0.6) is 11.6 Å². The predicted octanol–water partition coefficient (Wildman–Crippen LogP) is 4.62. The van der Waals surface area contributed by atoms with Crippen molar-refractivity contribution in [3.63, 3.8) is 0 Å². The summed E-state index contributed by atoms with van der Waals surface area (Å²) in [5.74, 6) is 1.85. The zero-order chi connectivity index (χ0) is 26.4. The number of hydrogen-bond acceptors (Lipinski definition) is 9. The highest BCUT2D eigenvalue weighted by Gasteiger charge is 2.40. The Hall–Kier alpha value is -3.85. The number of likely N-dealkylation sites (tertiary alicyclic amines) is 1. The third-order valence-electron chi connectivity index (χ3n) is 7.50. The molecule has 0 saturated carbocycles. The monoisotopic (exact) mass is 503 g/mol. The van der Waals surface area contributed by atoms with Gasteiger partial charge in [-0.1, -0.05) is 13.0 Å². The SMILES string of the molecule is C=O.CCc1nc(N)c(Nc2ccc(N3CCC4(CCCN4C)CC3)cc2)nc1Oc1cccc(N)c1. The van der Waals surface area contributed by atoms with Gasteiger partial charge in [0.2, 0.25) is 5.88 Å². The Balaban J connectivity index is 0.00000156. The third kappa shape index (κ3) is 5.77. The van der Waals surface area contributed by atoms with E-state index in [9.17, 15) is 0 Å². The number of ether oxygens (including phenoxy) is 1. The summed E-state index contributed by atoms with van der Waals surface area (Å²) in [6.07, 6.45) is 5.78. The summed E-state index contributed by atoms with van der Waals surface area (Å²) in [5.41, 5.74) is 16.0. The molecule has 0 amide bonds. The van der Waals surface area contributed by atoms with Crippen LogP contribution < -0.4 is 26.4 Å². The fourth-order valence-corrected chi connectivity index (χ4v) is 5.34. The van der Waals surface area contributed by atoms with Crippen LogP contribution in [0.4, 0.5) is 28.7 Å². The number of aryl methyl sites for hydroxylation is 1. The maximum Gasteiger partial charge on any atom is 0.243 e. The van der Waals surface area contributed by atoms with Crippen molar-refractivity contribution >= 4 is 35.5 Å². The number of carbonyl (C=O) groups excluding carboxylic acids is 1. The van der Waals surface area contributed by atoms with Gasteiger partial charge < -0.3 is 36.1 Å². The molecular formula is C28H37N7O2. The van der Waals surface area contributed by atoms with Crippen molar-refractivity contribution in [1.82, 2.24) is 14.9 Å². The Labute approximate surface area is 218 Å². The minimum Gasteiger partial charge on any atom is -0.437 e. The number of nitrogen functional groups attached to an aromatic ring is 2.